The molecule has 5 heteroatoms. The van der Waals surface area contributed by atoms with E-state index in [0.29, 0.717) is 26.1 Å². The first kappa shape index (κ1) is 14.4. The molecule has 0 spiro atoms. The Kier molecular flexibility index (Phi) is 5.36. The lowest BCUT2D eigenvalue weighted by atomic mass is 9.94. The van der Waals surface area contributed by atoms with E-state index < -0.39 is 11.6 Å². The number of aliphatic hydroxyl groups is 1. The molecule has 0 aliphatic carbocycles. The molecule has 17 heavy (non-hydrogen) atoms. The Morgan fingerprint density at radius 1 is 1.65 bits per heavy atom. The molecule has 2 unspecified atom stereocenters. The van der Waals surface area contributed by atoms with Crippen LogP contribution < -0.4 is 5.73 Å². The third kappa shape index (κ3) is 4.61. The van der Waals surface area contributed by atoms with E-state index in [1.807, 2.05) is 0 Å². The third-order valence-electron chi connectivity index (χ3n) is 3.17. The standard InChI is InChI=1S/C12H24N2O3/c1-12(16)6-4-7-14(9-12)11(15)10(13)5-3-8-17-2/h10,16H,3-9,13H2,1-2H3. The van der Waals surface area contributed by atoms with Crippen LogP contribution in [0.3, 0.4) is 0 Å². The number of carbonyl (C=O) groups excluding carboxylic acids is 1. The SMILES string of the molecule is COCCCC(N)C(=O)N1CCCC(C)(O)C1. The molecule has 0 aromatic carbocycles. The summed E-state index contributed by atoms with van der Waals surface area (Å²) in [7, 11) is 1.63. The second-order valence-corrected chi connectivity index (χ2v) is 5.10. The van der Waals surface area contributed by atoms with Crippen molar-refractivity contribution in [1.82, 2.24) is 4.90 Å². The van der Waals surface area contributed by atoms with Crippen LogP contribution in [-0.2, 0) is 9.53 Å². The number of rotatable bonds is 5. The fourth-order valence-electron chi connectivity index (χ4n) is 2.21. The molecule has 0 saturated carbocycles. The summed E-state index contributed by atoms with van der Waals surface area (Å²) in [4.78, 5) is 13.7. The largest absolute Gasteiger partial charge is 0.388 e. The van der Waals surface area contributed by atoms with Crippen molar-refractivity contribution in [2.75, 3.05) is 26.8 Å². The minimum atomic E-state index is -0.764. The number of carbonyl (C=O) groups is 1. The Balaban J connectivity index is 2.40. The van der Waals surface area contributed by atoms with Crippen molar-refractivity contribution in [3.8, 4) is 0 Å². The van der Waals surface area contributed by atoms with Crippen molar-refractivity contribution < 1.29 is 14.6 Å². The number of nitrogens with zero attached hydrogens (tertiary/aromatic N) is 1. The number of hydrogen-bond donors (Lipinski definition) is 2. The zero-order chi connectivity index (χ0) is 12.9. The van der Waals surface area contributed by atoms with Gasteiger partial charge in [-0.15, -0.1) is 0 Å². The van der Waals surface area contributed by atoms with Crippen LogP contribution in [-0.4, -0.2) is 54.4 Å². The first-order chi connectivity index (χ1) is 7.96. The van der Waals surface area contributed by atoms with Gasteiger partial charge < -0.3 is 20.5 Å². The summed E-state index contributed by atoms with van der Waals surface area (Å²) in [5, 5.41) is 9.93. The Hall–Kier alpha value is -0.650. The van der Waals surface area contributed by atoms with Crippen molar-refractivity contribution in [2.45, 2.75) is 44.2 Å². The number of β-amino-alcohol motifs (C(OH)–C–C–N with tert-alkyl or cyclic N) is 1. The van der Waals surface area contributed by atoms with E-state index in [2.05, 4.69) is 0 Å². The number of hydrogen-bond acceptors (Lipinski definition) is 4. The number of nitrogens with two attached hydrogens (primary N) is 1. The van der Waals surface area contributed by atoms with Crippen LogP contribution in [0.25, 0.3) is 0 Å². The molecule has 1 saturated heterocycles. The number of amides is 1. The number of likely N-dealkylation sites (tertiary alicyclic amines) is 1. The van der Waals surface area contributed by atoms with E-state index in [-0.39, 0.29) is 5.91 Å². The normalized spacial score (nSPS) is 26.9. The maximum absolute atomic E-state index is 12.0. The van der Waals surface area contributed by atoms with Crippen LogP contribution in [0.4, 0.5) is 0 Å². The topological polar surface area (TPSA) is 75.8 Å². The molecular weight excluding hydrogens is 220 g/mol. The predicted octanol–water partition coefficient (Wildman–Crippen LogP) is 0.114. The minimum Gasteiger partial charge on any atom is -0.388 e. The van der Waals surface area contributed by atoms with Crippen molar-refractivity contribution in [3.05, 3.63) is 0 Å². The Morgan fingerprint density at radius 2 is 2.35 bits per heavy atom. The molecule has 0 bridgehead atoms. The van der Waals surface area contributed by atoms with Crippen LogP contribution in [0.5, 0.6) is 0 Å². The molecule has 1 aliphatic heterocycles. The second kappa shape index (κ2) is 6.33. The van der Waals surface area contributed by atoms with Crippen molar-refractivity contribution in [3.63, 3.8) is 0 Å². The summed E-state index contributed by atoms with van der Waals surface area (Å²) < 4.78 is 4.93. The van der Waals surface area contributed by atoms with Crippen LogP contribution in [0.15, 0.2) is 0 Å². The van der Waals surface area contributed by atoms with E-state index >= 15 is 0 Å². The zero-order valence-electron chi connectivity index (χ0n) is 10.8. The number of ether oxygens (including phenoxy) is 1. The molecule has 3 N–H and O–H groups in total. The van der Waals surface area contributed by atoms with E-state index in [9.17, 15) is 9.90 Å². The molecule has 0 radical (unpaired) electrons. The van der Waals surface area contributed by atoms with Gasteiger partial charge in [0.05, 0.1) is 11.6 Å². The summed E-state index contributed by atoms with van der Waals surface area (Å²) in [5.41, 5.74) is 5.09. The Labute approximate surface area is 103 Å². The second-order valence-electron chi connectivity index (χ2n) is 5.10. The minimum absolute atomic E-state index is 0.0546. The molecule has 5 nitrogen and oxygen atoms in total. The first-order valence-electron chi connectivity index (χ1n) is 6.22. The fourth-order valence-corrected chi connectivity index (χ4v) is 2.21. The lowest BCUT2D eigenvalue weighted by molar-refractivity contribution is -0.139. The maximum Gasteiger partial charge on any atom is 0.239 e. The van der Waals surface area contributed by atoms with E-state index in [0.717, 1.165) is 19.3 Å². The van der Waals surface area contributed by atoms with Gasteiger partial charge in [-0.3, -0.25) is 4.79 Å². The predicted molar refractivity (Wildman–Crippen MR) is 65.5 cm³/mol. The summed E-state index contributed by atoms with van der Waals surface area (Å²) >= 11 is 0. The average Bonchev–Trinajstić information content (AvgIpc) is 2.27. The summed E-state index contributed by atoms with van der Waals surface area (Å²) in [6, 6.07) is -0.473. The molecule has 0 aromatic heterocycles. The van der Waals surface area contributed by atoms with Gasteiger partial charge in [0.15, 0.2) is 0 Å². The first-order valence-corrected chi connectivity index (χ1v) is 6.22. The highest BCUT2D eigenvalue weighted by molar-refractivity contribution is 5.81. The maximum atomic E-state index is 12.0. The summed E-state index contributed by atoms with van der Waals surface area (Å²) in [6.45, 7) is 3.48. The monoisotopic (exact) mass is 244 g/mol. The molecule has 1 amide bonds. The average molecular weight is 244 g/mol. The van der Waals surface area contributed by atoms with Gasteiger partial charge in [-0.25, -0.2) is 0 Å². The molecule has 1 heterocycles. The molecule has 2 atom stereocenters. The molecular formula is C12H24N2O3. The number of piperidine rings is 1. The van der Waals surface area contributed by atoms with Crippen LogP contribution in [0.1, 0.15) is 32.6 Å². The van der Waals surface area contributed by atoms with Crippen molar-refractivity contribution in [2.24, 2.45) is 5.73 Å². The smallest absolute Gasteiger partial charge is 0.239 e. The summed E-state index contributed by atoms with van der Waals surface area (Å²) in [6.07, 6.45) is 3.00. The lowest BCUT2D eigenvalue weighted by Crippen LogP contribution is -2.53. The Morgan fingerprint density at radius 3 is 2.94 bits per heavy atom. The van der Waals surface area contributed by atoms with Gasteiger partial charge in [-0.05, 0) is 32.6 Å². The van der Waals surface area contributed by atoms with E-state index in [1.54, 1.807) is 18.9 Å². The summed E-state index contributed by atoms with van der Waals surface area (Å²) in [5.74, 6) is -0.0546. The molecule has 1 fully saturated rings. The third-order valence-corrected chi connectivity index (χ3v) is 3.17. The van der Waals surface area contributed by atoms with Gasteiger partial charge in [-0.2, -0.15) is 0 Å². The molecule has 1 aliphatic rings. The van der Waals surface area contributed by atoms with Crippen molar-refractivity contribution in [1.29, 1.82) is 0 Å². The zero-order valence-corrected chi connectivity index (χ0v) is 10.8. The van der Waals surface area contributed by atoms with Crippen LogP contribution in [0, 0.1) is 0 Å². The van der Waals surface area contributed by atoms with Gasteiger partial charge in [-0.1, -0.05) is 0 Å². The van der Waals surface area contributed by atoms with Gasteiger partial charge in [0, 0.05) is 26.8 Å². The van der Waals surface area contributed by atoms with Gasteiger partial charge in [0.25, 0.3) is 0 Å². The molecule has 1 rings (SSSR count). The van der Waals surface area contributed by atoms with E-state index in [1.165, 1.54) is 0 Å². The van der Waals surface area contributed by atoms with E-state index in [4.69, 9.17) is 10.5 Å². The van der Waals surface area contributed by atoms with Crippen molar-refractivity contribution >= 4 is 5.91 Å². The highest BCUT2D eigenvalue weighted by Gasteiger charge is 2.32. The molecule has 0 aromatic rings. The quantitative estimate of drug-likeness (QED) is 0.673. The lowest BCUT2D eigenvalue weighted by Gasteiger charge is -2.37. The van der Waals surface area contributed by atoms with Crippen LogP contribution in [0.2, 0.25) is 0 Å². The number of methoxy groups -OCH3 is 1. The van der Waals surface area contributed by atoms with Crippen LogP contribution >= 0.6 is 0 Å². The van der Waals surface area contributed by atoms with Gasteiger partial charge in [0.1, 0.15) is 0 Å². The fraction of sp³-hybridized carbons (Fsp3) is 0.917. The van der Waals surface area contributed by atoms with Gasteiger partial charge >= 0.3 is 0 Å². The Bertz CT molecular complexity index is 256. The highest BCUT2D eigenvalue weighted by Crippen LogP contribution is 2.20. The molecule has 100 valence electrons. The van der Waals surface area contributed by atoms with Gasteiger partial charge in [0.2, 0.25) is 5.91 Å². The highest BCUT2D eigenvalue weighted by atomic mass is 16.5.